The van der Waals surface area contributed by atoms with E-state index < -0.39 is 0 Å². The summed E-state index contributed by atoms with van der Waals surface area (Å²) in [6, 6.07) is 11.4. The van der Waals surface area contributed by atoms with E-state index >= 15 is 0 Å². The fraction of sp³-hybridized carbons (Fsp3) is 0.278. The number of hydrogen-bond donors (Lipinski definition) is 1. The molecular weight excluding hydrogens is 312 g/mol. The smallest absolute Gasteiger partial charge is 0.127 e. The van der Waals surface area contributed by atoms with Crippen molar-refractivity contribution in [3.8, 4) is 5.75 Å². The van der Waals surface area contributed by atoms with Crippen molar-refractivity contribution in [2.45, 2.75) is 6.92 Å². The number of phenols is 1. The van der Waals surface area contributed by atoms with Crippen LogP contribution in [0.5, 0.6) is 5.75 Å². The monoisotopic (exact) mass is 330 g/mol. The Labute approximate surface area is 141 Å². The van der Waals surface area contributed by atoms with Crippen LogP contribution in [0.2, 0.25) is 5.02 Å². The number of morpholine rings is 1. The highest BCUT2D eigenvalue weighted by atomic mass is 35.5. The Hall–Kier alpha value is -2.04. The highest BCUT2D eigenvalue weighted by Gasteiger charge is 2.14. The number of rotatable bonds is 3. The molecule has 0 bridgehead atoms. The van der Waals surface area contributed by atoms with Crippen molar-refractivity contribution in [2.24, 2.45) is 4.99 Å². The zero-order valence-corrected chi connectivity index (χ0v) is 13.8. The van der Waals surface area contributed by atoms with Crippen LogP contribution in [0.1, 0.15) is 11.1 Å². The predicted octanol–water partition coefficient (Wildman–Crippen LogP) is 3.94. The summed E-state index contributed by atoms with van der Waals surface area (Å²) in [6.07, 6.45) is 1.66. The van der Waals surface area contributed by atoms with Gasteiger partial charge in [0.15, 0.2) is 0 Å². The Morgan fingerprint density at radius 2 is 1.96 bits per heavy atom. The maximum absolute atomic E-state index is 10.1. The van der Waals surface area contributed by atoms with Gasteiger partial charge in [0.2, 0.25) is 0 Å². The summed E-state index contributed by atoms with van der Waals surface area (Å²) in [6.45, 7) is 4.99. The van der Waals surface area contributed by atoms with E-state index in [1.54, 1.807) is 18.3 Å². The minimum absolute atomic E-state index is 0.210. The van der Waals surface area contributed by atoms with Crippen molar-refractivity contribution >= 4 is 29.2 Å². The summed E-state index contributed by atoms with van der Waals surface area (Å²) in [7, 11) is 0. The second-order valence-electron chi connectivity index (χ2n) is 5.51. The Balaban J connectivity index is 1.91. The molecule has 0 aliphatic carbocycles. The Morgan fingerprint density at radius 3 is 2.74 bits per heavy atom. The topological polar surface area (TPSA) is 45.1 Å². The van der Waals surface area contributed by atoms with Gasteiger partial charge >= 0.3 is 0 Å². The van der Waals surface area contributed by atoms with Crippen molar-refractivity contribution in [1.29, 1.82) is 0 Å². The normalized spacial score (nSPS) is 15.3. The number of anilines is 1. The fourth-order valence-electron chi connectivity index (χ4n) is 2.64. The van der Waals surface area contributed by atoms with Gasteiger partial charge in [-0.15, -0.1) is 0 Å². The van der Waals surface area contributed by atoms with E-state index in [1.807, 2.05) is 25.1 Å². The molecule has 4 nitrogen and oxygen atoms in total. The van der Waals surface area contributed by atoms with Gasteiger partial charge in [-0.05, 0) is 36.8 Å². The van der Waals surface area contributed by atoms with E-state index in [0.717, 1.165) is 43.2 Å². The number of nitrogens with zero attached hydrogens (tertiary/aromatic N) is 2. The number of ether oxygens (including phenoxy) is 1. The number of benzene rings is 2. The summed E-state index contributed by atoms with van der Waals surface area (Å²) >= 11 is 6.06. The molecule has 120 valence electrons. The SMILES string of the molecule is Cc1cc(Cl)cc(C=Nc2ccccc2N2CCOCC2)c1O. The predicted molar refractivity (Wildman–Crippen MR) is 94.6 cm³/mol. The highest BCUT2D eigenvalue weighted by Crippen LogP contribution is 2.30. The van der Waals surface area contributed by atoms with Crippen molar-refractivity contribution in [1.82, 2.24) is 0 Å². The first-order valence-electron chi connectivity index (χ1n) is 7.60. The summed E-state index contributed by atoms with van der Waals surface area (Å²) in [5.74, 6) is 0.210. The molecule has 0 spiro atoms. The van der Waals surface area contributed by atoms with Gasteiger partial charge in [-0.1, -0.05) is 23.7 Å². The van der Waals surface area contributed by atoms with E-state index in [9.17, 15) is 5.11 Å². The highest BCUT2D eigenvalue weighted by molar-refractivity contribution is 6.31. The summed E-state index contributed by atoms with van der Waals surface area (Å²) in [5.41, 5.74) is 3.30. The van der Waals surface area contributed by atoms with Crippen LogP contribution in [-0.2, 0) is 4.74 Å². The molecule has 1 heterocycles. The molecule has 0 unspecified atom stereocenters. The quantitative estimate of drug-likeness (QED) is 0.867. The number of halogens is 1. The molecule has 1 fully saturated rings. The van der Waals surface area contributed by atoms with E-state index in [4.69, 9.17) is 16.3 Å². The number of para-hydroxylation sites is 2. The van der Waals surface area contributed by atoms with Gasteiger partial charge in [0, 0.05) is 29.9 Å². The molecule has 1 aliphatic heterocycles. The molecule has 1 saturated heterocycles. The van der Waals surface area contributed by atoms with E-state index in [1.165, 1.54) is 0 Å². The largest absolute Gasteiger partial charge is 0.507 e. The van der Waals surface area contributed by atoms with Crippen molar-refractivity contribution < 1.29 is 9.84 Å². The molecule has 0 radical (unpaired) electrons. The minimum atomic E-state index is 0.210. The van der Waals surface area contributed by atoms with E-state index in [2.05, 4.69) is 16.0 Å². The average Bonchev–Trinajstić information content (AvgIpc) is 2.58. The Morgan fingerprint density at radius 1 is 1.22 bits per heavy atom. The molecule has 0 amide bonds. The van der Waals surface area contributed by atoms with Crippen LogP contribution in [0.3, 0.4) is 0 Å². The third kappa shape index (κ3) is 3.66. The lowest BCUT2D eigenvalue weighted by Gasteiger charge is -2.29. The maximum atomic E-state index is 10.1. The lowest BCUT2D eigenvalue weighted by atomic mass is 10.1. The van der Waals surface area contributed by atoms with Gasteiger partial charge in [-0.25, -0.2) is 0 Å². The van der Waals surface area contributed by atoms with Crippen molar-refractivity contribution in [3.05, 3.63) is 52.5 Å². The molecule has 0 aromatic heterocycles. The van der Waals surface area contributed by atoms with Gasteiger partial charge < -0.3 is 14.7 Å². The molecule has 1 aliphatic rings. The third-order valence-electron chi connectivity index (χ3n) is 3.87. The lowest BCUT2D eigenvalue weighted by molar-refractivity contribution is 0.123. The first-order chi connectivity index (χ1) is 11.1. The number of aryl methyl sites for hydroxylation is 1. The summed E-state index contributed by atoms with van der Waals surface area (Å²) in [4.78, 5) is 6.83. The second kappa shape index (κ2) is 7.02. The molecule has 2 aromatic carbocycles. The van der Waals surface area contributed by atoms with E-state index in [0.29, 0.717) is 10.6 Å². The van der Waals surface area contributed by atoms with Gasteiger partial charge in [0.25, 0.3) is 0 Å². The Kier molecular flexibility index (Phi) is 4.84. The maximum Gasteiger partial charge on any atom is 0.127 e. The zero-order valence-electron chi connectivity index (χ0n) is 13.0. The van der Waals surface area contributed by atoms with Crippen LogP contribution in [0.15, 0.2) is 41.4 Å². The molecule has 0 saturated carbocycles. The Bertz CT molecular complexity index is 725. The zero-order chi connectivity index (χ0) is 16.2. The fourth-order valence-corrected chi connectivity index (χ4v) is 2.93. The number of aromatic hydroxyl groups is 1. The van der Waals surface area contributed by atoms with Gasteiger partial charge in [0.1, 0.15) is 5.75 Å². The molecule has 2 aromatic rings. The third-order valence-corrected chi connectivity index (χ3v) is 4.09. The first kappa shape index (κ1) is 15.8. The molecular formula is C18H19ClN2O2. The average molecular weight is 331 g/mol. The number of phenolic OH excluding ortho intramolecular Hbond substituents is 1. The van der Waals surface area contributed by atoms with E-state index in [-0.39, 0.29) is 5.75 Å². The molecule has 23 heavy (non-hydrogen) atoms. The second-order valence-corrected chi connectivity index (χ2v) is 5.94. The van der Waals surface area contributed by atoms with Gasteiger partial charge in [0.05, 0.1) is 24.6 Å². The lowest BCUT2D eigenvalue weighted by Crippen LogP contribution is -2.36. The number of hydrogen-bond acceptors (Lipinski definition) is 4. The first-order valence-corrected chi connectivity index (χ1v) is 7.98. The molecule has 5 heteroatoms. The van der Waals surface area contributed by atoms with Crippen LogP contribution in [-0.4, -0.2) is 37.6 Å². The van der Waals surface area contributed by atoms with Gasteiger partial charge in [-0.3, -0.25) is 4.99 Å². The number of aliphatic imine (C=N–C) groups is 1. The molecule has 0 atom stereocenters. The molecule has 1 N–H and O–H groups in total. The van der Waals surface area contributed by atoms with Crippen LogP contribution >= 0.6 is 11.6 Å². The van der Waals surface area contributed by atoms with Crippen LogP contribution in [0.25, 0.3) is 0 Å². The van der Waals surface area contributed by atoms with Crippen LogP contribution in [0.4, 0.5) is 11.4 Å². The van der Waals surface area contributed by atoms with Crippen LogP contribution < -0.4 is 4.90 Å². The standard InChI is InChI=1S/C18H19ClN2O2/c1-13-10-15(19)11-14(18(13)22)12-20-16-4-2-3-5-17(16)21-6-8-23-9-7-21/h2-5,10-12,22H,6-9H2,1H3. The van der Waals surface area contributed by atoms with Gasteiger partial charge in [-0.2, -0.15) is 0 Å². The minimum Gasteiger partial charge on any atom is -0.507 e. The summed E-state index contributed by atoms with van der Waals surface area (Å²) < 4.78 is 5.40. The van der Waals surface area contributed by atoms with Crippen LogP contribution in [0, 0.1) is 6.92 Å². The molecule has 3 rings (SSSR count). The summed E-state index contributed by atoms with van der Waals surface area (Å²) in [5, 5.41) is 10.7. The van der Waals surface area contributed by atoms with Crippen molar-refractivity contribution in [2.75, 3.05) is 31.2 Å². The van der Waals surface area contributed by atoms with Crippen molar-refractivity contribution in [3.63, 3.8) is 0 Å².